The number of ether oxygens (including phenoxy) is 1. The van der Waals surface area contributed by atoms with Crippen molar-refractivity contribution in [1.82, 2.24) is 5.32 Å². The summed E-state index contributed by atoms with van der Waals surface area (Å²) in [5.41, 5.74) is 0. The number of rotatable bonds is 6. The molecule has 0 aliphatic heterocycles. The zero-order valence-electron chi connectivity index (χ0n) is 8.55. The Morgan fingerprint density at radius 3 is 3.00 bits per heavy atom. The van der Waals surface area contributed by atoms with Crippen LogP contribution in [0.5, 0.6) is 0 Å². The van der Waals surface area contributed by atoms with Crippen molar-refractivity contribution >= 4 is 15.9 Å². The molecule has 1 aromatic rings. The highest BCUT2D eigenvalue weighted by atomic mass is 79.9. The third kappa shape index (κ3) is 3.44. The van der Waals surface area contributed by atoms with Crippen LogP contribution in [-0.4, -0.2) is 20.3 Å². The molecule has 0 fully saturated rings. The first kappa shape index (κ1) is 11.8. The topological polar surface area (TPSA) is 34.4 Å². The van der Waals surface area contributed by atoms with E-state index in [9.17, 15) is 0 Å². The highest BCUT2D eigenvalue weighted by Gasteiger charge is 2.11. The molecule has 0 bridgehead atoms. The first-order valence-corrected chi connectivity index (χ1v) is 5.50. The van der Waals surface area contributed by atoms with Crippen molar-refractivity contribution in [2.45, 2.75) is 19.4 Å². The van der Waals surface area contributed by atoms with Crippen molar-refractivity contribution in [3.8, 4) is 0 Å². The maximum absolute atomic E-state index is 5.34. The van der Waals surface area contributed by atoms with Crippen LogP contribution in [0.15, 0.2) is 21.2 Å². The average molecular weight is 262 g/mol. The van der Waals surface area contributed by atoms with E-state index in [1.807, 2.05) is 6.07 Å². The van der Waals surface area contributed by atoms with Gasteiger partial charge in [0.1, 0.15) is 5.76 Å². The van der Waals surface area contributed by atoms with Crippen LogP contribution in [-0.2, 0) is 4.74 Å². The van der Waals surface area contributed by atoms with Crippen LogP contribution in [0.3, 0.4) is 0 Å². The van der Waals surface area contributed by atoms with Crippen LogP contribution in [0.4, 0.5) is 0 Å². The Kier molecular flexibility index (Phi) is 5.22. The molecular weight excluding hydrogens is 246 g/mol. The van der Waals surface area contributed by atoms with Crippen LogP contribution in [0.25, 0.3) is 0 Å². The minimum Gasteiger partial charge on any atom is -0.466 e. The van der Waals surface area contributed by atoms with Gasteiger partial charge >= 0.3 is 0 Å². The van der Waals surface area contributed by atoms with Crippen molar-refractivity contribution in [1.29, 1.82) is 0 Å². The van der Waals surface area contributed by atoms with Gasteiger partial charge in [-0.05, 0) is 41.9 Å². The molecule has 1 atom stereocenters. The van der Waals surface area contributed by atoms with E-state index in [0.717, 1.165) is 29.8 Å². The van der Waals surface area contributed by atoms with Crippen molar-refractivity contribution in [3.05, 3.63) is 22.6 Å². The lowest BCUT2D eigenvalue weighted by Crippen LogP contribution is -2.20. The molecule has 0 saturated carbocycles. The fourth-order valence-electron chi connectivity index (χ4n) is 1.24. The zero-order valence-corrected chi connectivity index (χ0v) is 10.1. The van der Waals surface area contributed by atoms with E-state index < -0.39 is 0 Å². The summed E-state index contributed by atoms with van der Waals surface area (Å²) in [4.78, 5) is 0. The minimum atomic E-state index is 0.233. The van der Waals surface area contributed by atoms with E-state index in [2.05, 4.69) is 28.2 Å². The van der Waals surface area contributed by atoms with Gasteiger partial charge in [0, 0.05) is 13.7 Å². The molecule has 4 heteroatoms. The summed E-state index contributed by atoms with van der Waals surface area (Å²) in [5, 5.41) is 3.36. The largest absolute Gasteiger partial charge is 0.466 e. The lowest BCUT2D eigenvalue weighted by atomic mass is 10.2. The summed E-state index contributed by atoms with van der Waals surface area (Å²) >= 11 is 3.43. The maximum atomic E-state index is 5.34. The smallest absolute Gasteiger partial charge is 0.134 e. The van der Waals surface area contributed by atoms with E-state index in [-0.39, 0.29) is 6.04 Å². The SMILES string of the molecule is COCCCNC(C)c1occc1Br. The number of methoxy groups -OCH3 is 1. The van der Waals surface area contributed by atoms with Gasteiger partial charge in [0.15, 0.2) is 0 Å². The second kappa shape index (κ2) is 6.22. The molecule has 1 heterocycles. The van der Waals surface area contributed by atoms with E-state index in [1.165, 1.54) is 0 Å². The standard InChI is InChI=1S/C10H16BrNO2/c1-8(12-5-3-6-13-2)10-9(11)4-7-14-10/h4,7-8,12H,3,5-6H2,1-2H3. The van der Waals surface area contributed by atoms with Gasteiger partial charge in [-0.1, -0.05) is 0 Å². The van der Waals surface area contributed by atoms with E-state index in [0.29, 0.717) is 0 Å². The summed E-state index contributed by atoms with van der Waals surface area (Å²) in [6.07, 6.45) is 2.70. The minimum absolute atomic E-state index is 0.233. The Bertz CT molecular complexity index is 262. The van der Waals surface area contributed by atoms with Crippen LogP contribution in [0.1, 0.15) is 25.1 Å². The van der Waals surface area contributed by atoms with Gasteiger partial charge in [0.05, 0.1) is 16.8 Å². The summed E-state index contributed by atoms with van der Waals surface area (Å²) in [6.45, 7) is 3.80. The fourth-order valence-corrected chi connectivity index (χ4v) is 1.79. The second-order valence-corrected chi connectivity index (χ2v) is 4.01. The van der Waals surface area contributed by atoms with Crippen molar-refractivity contribution < 1.29 is 9.15 Å². The monoisotopic (exact) mass is 261 g/mol. The third-order valence-corrected chi connectivity index (χ3v) is 2.67. The van der Waals surface area contributed by atoms with Gasteiger partial charge < -0.3 is 14.5 Å². The molecule has 0 aliphatic rings. The Labute approximate surface area is 92.9 Å². The van der Waals surface area contributed by atoms with E-state index >= 15 is 0 Å². The Morgan fingerprint density at radius 2 is 2.43 bits per heavy atom. The molecule has 1 rings (SSSR count). The van der Waals surface area contributed by atoms with Crippen molar-refractivity contribution in [3.63, 3.8) is 0 Å². The van der Waals surface area contributed by atoms with Gasteiger partial charge in [-0.15, -0.1) is 0 Å². The second-order valence-electron chi connectivity index (χ2n) is 3.15. The van der Waals surface area contributed by atoms with Crippen LogP contribution < -0.4 is 5.32 Å². The lowest BCUT2D eigenvalue weighted by molar-refractivity contribution is 0.193. The molecule has 1 unspecified atom stereocenters. The molecule has 1 N–H and O–H groups in total. The molecule has 0 aromatic carbocycles. The number of hydrogen-bond acceptors (Lipinski definition) is 3. The molecule has 80 valence electrons. The molecular formula is C10H16BrNO2. The summed E-state index contributed by atoms with van der Waals surface area (Å²) in [5.74, 6) is 0.947. The molecule has 3 nitrogen and oxygen atoms in total. The number of halogens is 1. The van der Waals surface area contributed by atoms with E-state index in [4.69, 9.17) is 9.15 Å². The van der Waals surface area contributed by atoms with Crippen LogP contribution in [0.2, 0.25) is 0 Å². The van der Waals surface area contributed by atoms with Crippen molar-refractivity contribution in [2.24, 2.45) is 0 Å². The molecule has 0 aliphatic carbocycles. The molecule has 0 spiro atoms. The first-order valence-electron chi connectivity index (χ1n) is 4.71. The predicted molar refractivity (Wildman–Crippen MR) is 59.3 cm³/mol. The molecule has 14 heavy (non-hydrogen) atoms. The summed E-state index contributed by atoms with van der Waals surface area (Å²) in [6, 6.07) is 2.14. The van der Waals surface area contributed by atoms with Gasteiger partial charge in [-0.3, -0.25) is 0 Å². The number of nitrogens with one attached hydrogen (secondary N) is 1. The van der Waals surface area contributed by atoms with Crippen LogP contribution in [0, 0.1) is 0 Å². The fraction of sp³-hybridized carbons (Fsp3) is 0.600. The van der Waals surface area contributed by atoms with Gasteiger partial charge in [-0.25, -0.2) is 0 Å². The zero-order chi connectivity index (χ0) is 10.4. The normalized spacial score (nSPS) is 13.1. The Hall–Kier alpha value is -0.320. The lowest BCUT2D eigenvalue weighted by Gasteiger charge is -2.11. The van der Waals surface area contributed by atoms with Crippen molar-refractivity contribution in [2.75, 3.05) is 20.3 Å². The van der Waals surface area contributed by atoms with Crippen LogP contribution >= 0.6 is 15.9 Å². The van der Waals surface area contributed by atoms with Gasteiger partial charge in [0.25, 0.3) is 0 Å². The molecule has 0 radical (unpaired) electrons. The predicted octanol–water partition coefficient (Wildman–Crippen LogP) is 2.73. The quantitative estimate of drug-likeness (QED) is 0.800. The Morgan fingerprint density at radius 1 is 1.64 bits per heavy atom. The third-order valence-electron chi connectivity index (χ3n) is 2.01. The first-order chi connectivity index (χ1) is 6.75. The van der Waals surface area contributed by atoms with Gasteiger partial charge in [-0.2, -0.15) is 0 Å². The molecule has 0 amide bonds. The van der Waals surface area contributed by atoms with E-state index in [1.54, 1.807) is 13.4 Å². The molecule has 0 saturated heterocycles. The highest BCUT2D eigenvalue weighted by molar-refractivity contribution is 9.10. The molecule has 1 aromatic heterocycles. The number of furan rings is 1. The Balaban J connectivity index is 2.28. The summed E-state index contributed by atoms with van der Waals surface area (Å²) in [7, 11) is 1.71. The average Bonchev–Trinajstić information content (AvgIpc) is 2.59. The number of hydrogen-bond donors (Lipinski definition) is 1. The maximum Gasteiger partial charge on any atom is 0.134 e. The highest BCUT2D eigenvalue weighted by Crippen LogP contribution is 2.23. The summed E-state index contributed by atoms with van der Waals surface area (Å²) < 4.78 is 11.3. The van der Waals surface area contributed by atoms with Gasteiger partial charge in [0.2, 0.25) is 0 Å².